The minimum absolute atomic E-state index is 0.0425. The molecule has 2 aromatic carbocycles. The van der Waals surface area contributed by atoms with E-state index in [1.807, 2.05) is 49.4 Å². The van der Waals surface area contributed by atoms with Crippen LogP contribution >= 0.6 is 11.8 Å². The Hall–Kier alpha value is -2.40. The summed E-state index contributed by atoms with van der Waals surface area (Å²) in [7, 11) is 0. The quantitative estimate of drug-likeness (QED) is 0.526. The zero-order valence-corrected chi connectivity index (χ0v) is 12.8. The summed E-state index contributed by atoms with van der Waals surface area (Å²) in [6, 6.07) is 17.0. The van der Waals surface area contributed by atoms with Crippen LogP contribution in [0.4, 0.5) is 0 Å². The van der Waals surface area contributed by atoms with Crippen molar-refractivity contribution in [2.75, 3.05) is 5.75 Å². The maximum atomic E-state index is 12.0. The third-order valence-corrected chi connectivity index (χ3v) is 3.91. The van der Waals surface area contributed by atoms with E-state index in [-0.39, 0.29) is 11.5 Å². The molecule has 0 amide bonds. The number of ketones is 1. The lowest BCUT2D eigenvalue weighted by Gasteiger charge is -1.98. The van der Waals surface area contributed by atoms with Gasteiger partial charge in [0.05, 0.1) is 5.75 Å². The van der Waals surface area contributed by atoms with E-state index in [2.05, 4.69) is 10.2 Å². The van der Waals surface area contributed by atoms with Crippen molar-refractivity contribution >= 4 is 17.5 Å². The molecule has 0 fully saturated rings. The van der Waals surface area contributed by atoms with Crippen LogP contribution in [-0.4, -0.2) is 21.7 Å². The second-order valence-electron chi connectivity index (χ2n) is 4.82. The third-order valence-electron chi connectivity index (χ3n) is 3.09. The molecule has 1 heterocycles. The van der Waals surface area contributed by atoms with Gasteiger partial charge in [0, 0.05) is 11.1 Å². The topological polar surface area (TPSA) is 56.0 Å². The molecule has 0 aliphatic heterocycles. The van der Waals surface area contributed by atoms with Crippen LogP contribution in [0.5, 0.6) is 0 Å². The number of hydrogen-bond acceptors (Lipinski definition) is 5. The van der Waals surface area contributed by atoms with Crippen LogP contribution in [0.25, 0.3) is 11.5 Å². The standard InChI is InChI=1S/C17H14N2O2S/c1-12-6-5-9-14(10-12)16-18-19-17(21-16)22-11-15(20)13-7-3-2-4-8-13/h2-10H,11H2,1H3. The Morgan fingerprint density at radius 1 is 1.09 bits per heavy atom. The number of aryl methyl sites for hydroxylation is 1. The number of carbonyl (C=O) groups is 1. The number of aromatic nitrogens is 2. The molecule has 0 aliphatic carbocycles. The molecule has 0 unspecified atom stereocenters. The Kier molecular flexibility index (Phi) is 4.34. The minimum Gasteiger partial charge on any atom is -0.411 e. The van der Waals surface area contributed by atoms with Gasteiger partial charge in [-0.05, 0) is 19.1 Å². The number of Topliss-reactive ketones (excluding diaryl/α,β-unsaturated/α-hetero) is 1. The number of rotatable bonds is 5. The van der Waals surface area contributed by atoms with Crippen LogP contribution in [0.15, 0.2) is 64.2 Å². The Morgan fingerprint density at radius 2 is 1.91 bits per heavy atom. The molecule has 0 saturated heterocycles. The SMILES string of the molecule is Cc1cccc(-c2nnc(SCC(=O)c3ccccc3)o2)c1. The first-order valence-corrected chi connectivity index (χ1v) is 7.82. The van der Waals surface area contributed by atoms with E-state index >= 15 is 0 Å². The minimum atomic E-state index is 0.0425. The second kappa shape index (κ2) is 6.58. The predicted molar refractivity (Wildman–Crippen MR) is 86.0 cm³/mol. The largest absolute Gasteiger partial charge is 0.411 e. The highest BCUT2D eigenvalue weighted by Crippen LogP contribution is 2.24. The summed E-state index contributed by atoms with van der Waals surface area (Å²) in [6.45, 7) is 2.01. The van der Waals surface area contributed by atoms with Crippen LogP contribution in [0.2, 0.25) is 0 Å². The molecule has 3 aromatic rings. The van der Waals surface area contributed by atoms with Gasteiger partial charge in [0.25, 0.3) is 5.22 Å². The number of carbonyl (C=O) groups excluding carboxylic acids is 1. The van der Waals surface area contributed by atoms with E-state index in [0.29, 0.717) is 16.7 Å². The molecule has 0 atom stereocenters. The second-order valence-corrected chi connectivity index (χ2v) is 5.75. The lowest BCUT2D eigenvalue weighted by molar-refractivity contribution is 0.102. The van der Waals surface area contributed by atoms with Gasteiger partial charge >= 0.3 is 0 Å². The van der Waals surface area contributed by atoms with Crippen molar-refractivity contribution in [2.24, 2.45) is 0 Å². The highest BCUT2D eigenvalue weighted by Gasteiger charge is 2.12. The van der Waals surface area contributed by atoms with Crippen LogP contribution in [0, 0.1) is 6.92 Å². The van der Waals surface area contributed by atoms with Gasteiger partial charge in [0.1, 0.15) is 0 Å². The molecule has 0 aliphatic rings. The van der Waals surface area contributed by atoms with Crippen molar-refractivity contribution in [1.29, 1.82) is 0 Å². The molecule has 0 N–H and O–H groups in total. The van der Waals surface area contributed by atoms with E-state index in [1.54, 1.807) is 12.1 Å². The van der Waals surface area contributed by atoms with Gasteiger partial charge in [-0.25, -0.2) is 0 Å². The van der Waals surface area contributed by atoms with Gasteiger partial charge in [-0.2, -0.15) is 0 Å². The van der Waals surface area contributed by atoms with Crippen LogP contribution in [-0.2, 0) is 0 Å². The van der Waals surface area contributed by atoms with Crippen molar-refractivity contribution in [1.82, 2.24) is 10.2 Å². The summed E-state index contributed by atoms with van der Waals surface area (Å²) in [5.74, 6) is 0.790. The summed E-state index contributed by atoms with van der Waals surface area (Å²) in [4.78, 5) is 12.0. The molecule has 22 heavy (non-hydrogen) atoms. The van der Waals surface area contributed by atoms with Crippen LogP contribution in [0.1, 0.15) is 15.9 Å². The van der Waals surface area contributed by atoms with Crippen molar-refractivity contribution < 1.29 is 9.21 Å². The Labute approximate surface area is 132 Å². The maximum Gasteiger partial charge on any atom is 0.277 e. The van der Waals surface area contributed by atoms with E-state index in [1.165, 1.54) is 11.8 Å². The zero-order chi connectivity index (χ0) is 15.4. The molecule has 0 bridgehead atoms. The first kappa shape index (κ1) is 14.5. The average Bonchev–Trinajstić information content (AvgIpc) is 3.02. The fourth-order valence-electron chi connectivity index (χ4n) is 2.00. The molecule has 110 valence electrons. The first-order chi connectivity index (χ1) is 10.7. The number of nitrogens with zero attached hydrogens (tertiary/aromatic N) is 2. The lowest BCUT2D eigenvalue weighted by atomic mass is 10.1. The summed E-state index contributed by atoms with van der Waals surface area (Å²) in [6.07, 6.45) is 0. The highest BCUT2D eigenvalue weighted by atomic mass is 32.2. The van der Waals surface area contributed by atoms with Crippen molar-refractivity contribution in [3.05, 3.63) is 65.7 Å². The van der Waals surface area contributed by atoms with Gasteiger partial charge in [-0.1, -0.05) is 59.8 Å². The van der Waals surface area contributed by atoms with Gasteiger partial charge in [0.15, 0.2) is 5.78 Å². The first-order valence-electron chi connectivity index (χ1n) is 6.84. The van der Waals surface area contributed by atoms with Crippen molar-refractivity contribution in [3.8, 4) is 11.5 Å². The van der Waals surface area contributed by atoms with E-state index in [4.69, 9.17) is 4.42 Å². The van der Waals surface area contributed by atoms with Crippen LogP contribution < -0.4 is 0 Å². The fraction of sp³-hybridized carbons (Fsp3) is 0.118. The molecule has 1 aromatic heterocycles. The molecule has 3 rings (SSSR count). The molecule has 0 radical (unpaired) electrons. The summed E-state index contributed by atoms with van der Waals surface area (Å²) >= 11 is 1.25. The van der Waals surface area contributed by atoms with E-state index < -0.39 is 0 Å². The Bertz CT molecular complexity index is 784. The summed E-state index contributed by atoms with van der Waals surface area (Å²) in [5, 5.41) is 8.41. The number of benzene rings is 2. The molecular formula is C17H14N2O2S. The maximum absolute atomic E-state index is 12.0. The molecule has 4 nitrogen and oxygen atoms in total. The summed E-state index contributed by atoms with van der Waals surface area (Å²) in [5.41, 5.74) is 2.70. The third kappa shape index (κ3) is 3.43. The Morgan fingerprint density at radius 3 is 2.68 bits per heavy atom. The normalized spacial score (nSPS) is 10.6. The van der Waals surface area contributed by atoms with Crippen molar-refractivity contribution in [2.45, 2.75) is 12.1 Å². The number of hydrogen-bond donors (Lipinski definition) is 0. The van der Waals surface area contributed by atoms with E-state index in [9.17, 15) is 4.79 Å². The fourth-order valence-corrected chi connectivity index (χ4v) is 2.66. The summed E-state index contributed by atoms with van der Waals surface area (Å²) < 4.78 is 5.60. The molecular weight excluding hydrogens is 296 g/mol. The number of thioether (sulfide) groups is 1. The van der Waals surface area contributed by atoms with Crippen molar-refractivity contribution in [3.63, 3.8) is 0 Å². The molecule has 5 heteroatoms. The predicted octanol–water partition coefficient (Wildman–Crippen LogP) is 4.02. The lowest BCUT2D eigenvalue weighted by Crippen LogP contribution is -2.01. The monoisotopic (exact) mass is 310 g/mol. The van der Waals surface area contributed by atoms with Gasteiger partial charge < -0.3 is 4.42 Å². The highest BCUT2D eigenvalue weighted by molar-refractivity contribution is 7.99. The Balaban J connectivity index is 1.66. The molecule has 0 saturated carbocycles. The zero-order valence-electron chi connectivity index (χ0n) is 12.0. The van der Waals surface area contributed by atoms with Gasteiger partial charge in [-0.15, -0.1) is 10.2 Å². The van der Waals surface area contributed by atoms with Crippen LogP contribution in [0.3, 0.4) is 0 Å². The molecule has 0 spiro atoms. The van der Waals surface area contributed by atoms with Gasteiger partial charge in [-0.3, -0.25) is 4.79 Å². The average molecular weight is 310 g/mol. The van der Waals surface area contributed by atoms with E-state index in [0.717, 1.165) is 11.1 Å². The van der Waals surface area contributed by atoms with Gasteiger partial charge in [0.2, 0.25) is 5.89 Å². The smallest absolute Gasteiger partial charge is 0.277 e.